The molecular formula is C38H26N4O2. The van der Waals surface area contributed by atoms with Crippen molar-refractivity contribution in [3.05, 3.63) is 143 Å². The number of pyridine rings is 1. The lowest BCUT2D eigenvalue weighted by Gasteiger charge is -2.24. The molecule has 1 aliphatic heterocycles. The van der Waals surface area contributed by atoms with Gasteiger partial charge < -0.3 is 4.74 Å². The van der Waals surface area contributed by atoms with Gasteiger partial charge in [-0.2, -0.15) is 5.10 Å². The van der Waals surface area contributed by atoms with Crippen molar-refractivity contribution in [1.82, 2.24) is 9.38 Å². The Morgan fingerprint density at radius 2 is 1.55 bits per heavy atom. The number of hydrogen-bond donors (Lipinski definition) is 0. The molecule has 1 aliphatic rings. The highest BCUT2D eigenvalue weighted by atomic mass is 16.5. The van der Waals surface area contributed by atoms with Gasteiger partial charge in [-0.25, -0.2) is 4.98 Å². The van der Waals surface area contributed by atoms with Gasteiger partial charge in [-0.1, -0.05) is 78.9 Å². The van der Waals surface area contributed by atoms with Gasteiger partial charge in [0.1, 0.15) is 11.4 Å². The Morgan fingerprint density at radius 3 is 2.41 bits per heavy atom. The molecule has 0 saturated heterocycles. The first-order valence-corrected chi connectivity index (χ1v) is 14.8. The summed E-state index contributed by atoms with van der Waals surface area (Å²) in [6.07, 6.45) is 0.713. The molecule has 0 N–H and O–H groups in total. The standard InChI is InChI=1S/C38H26N4O2/c1-44-27-17-14-24(15-18-27)35-22-33(40-42(35)26-16-13-23-7-2-3-8-25(23)21-26)28-19-20-31-36-29(28)9-6-10-30(36)37-39-32-11-4-5-12-34(32)41(37)38(31)43/h2-21,35H,22H2,1H3/t35-/m0/s1. The minimum absolute atomic E-state index is 0.00582. The van der Waals surface area contributed by atoms with Gasteiger partial charge in [-0.05, 0) is 64.2 Å². The summed E-state index contributed by atoms with van der Waals surface area (Å²) < 4.78 is 7.20. The van der Waals surface area contributed by atoms with Crippen molar-refractivity contribution in [3.63, 3.8) is 0 Å². The number of anilines is 1. The summed E-state index contributed by atoms with van der Waals surface area (Å²) in [7, 11) is 1.69. The molecule has 2 aromatic heterocycles. The normalized spacial score (nSPS) is 15.2. The molecule has 8 aromatic rings. The Labute approximate surface area is 252 Å². The average molecular weight is 571 g/mol. The molecule has 6 heteroatoms. The zero-order valence-corrected chi connectivity index (χ0v) is 23.9. The highest BCUT2D eigenvalue weighted by Crippen LogP contribution is 2.40. The summed E-state index contributed by atoms with van der Waals surface area (Å²) >= 11 is 0. The average Bonchev–Trinajstić information content (AvgIpc) is 3.70. The molecule has 3 heterocycles. The number of aromatic nitrogens is 2. The second-order valence-corrected chi connectivity index (χ2v) is 11.4. The zero-order valence-electron chi connectivity index (χ0n) is 23.9. The maximum Gasteiger partial charge on any atom is 0.264 e. The van der Waals surface area contributed by atoms with Crippen molar-refractivity contribution in [2.45, 2.75) is 12.5 Å². The Balaban J connectivity index is 1.25. The number of rotatable bonds is 4. The van der Waals surface area contributed by atoms with Gasteiger partial charge in [-0.15, -0.1) is 0 Å². The van der Waals surface area contributed by atoms with E-state index in [0.717, 1.165) is 55.5 Å². The van der Waals surface area contributed by atoms with E-state index >= 15 is 0 Å². The summed E-state index contributed by atoms with van der Waals surface area (Å²) in [6, 6.07) is 41.2. The molecule has 6 aromatic carbocycles. The van der Waals surface area contributed by atoms with E-state index in [9.17, 15) is 4.79 Å². The minimum atomic E-state index is -0.0498. The van der Waals surface area contributed by atoms with Crippen LogP contribution in [-0.4, -0.2) is 22.2 Å². The number of benzene rings is 6. The number of imidazole rings is 1. The number of methoxy groups -OCH3 is 1. The van der Waals surface area contributed by atoms with Crippen LogP contribution >= 0.6 is 0 Å². The zero-order chi connectivity index (χ0) is 29.4. The molecule has 0 unspecified atom stereocenters. The molecule has 0 fully saturated rings. The van der Waals surface area contributed by atoms with Crippen LogP contribution in [0.15, 0.2) is 131 Å². The van der Waals surface area contributed by atoms with Gasteiger partial charge in [0.05, 0.1) is 35.6 Å². The van der Waals surface area contributed by atoms with E-state index < -0.39 is 0 Å². The number of nitrogens with zero attached hydrogens (tertiary/aromatic N) is 4. The Hall–Kier alpha value is -5.75. The maximum absolute atomic E-state index is 13.9. The molecule has 210 valence electrons. The van der Waals surface area contributed by atoms with E-state index in [-0.39, 0.29) is 11.6 Å². The third-order valence-corrected chi connectivity index (χ3v) is 9.00. The first kappa shape index (κ1) is 24.8. The summed E-state index contributed by atoms with van der Waals surface area (Å²) in [5.41, 5.74) is 6.48. The van der Waals surface area contributed by atoms with Crippen molar-refractivity contribution in [2.24, 2.45) is 5.10 Å². The minimum Gasteiger partial charge on any atom is -0.497 e. The number of hydrazone groups is 1. The van der Waals surface area contributed by atoms with E-state index in [1.54, 1.807) is 11.5 Å². The van der Waals surface area contributed by atoms with Crippen LogP contribution < -0.4 is 15.3 Å². The van der Waals surface area contributed by atoms with E-state index in [4.69, 9.17) is 14.8 Å². The first-order valence-electron chi connectivity index (χ1n) is 14.8. The Bertz CT molecular complexity index is 2500. The fraction of sp³-hybridized carbons (Fsp3) is 0.0789. The Kier molecular flexibility index (Phi) is 5.29. The van der Waals surface area contributed by atoms with Crippen LogP contribution in [0.1, 0.15) is 23.6 Å². The first-order chi connectivity index (χ1) is 21.7. The quantitative estimate of drug-likeness (QED) is 0.214. The fourth-order valence-corrected chi connectivity index (χ4v) is 6.87. The lowest BCUT2D eigenvalue weighted by molar-refractivity contribution is 0.414. The molecular weight excluding hydrogens is 544 g/mol. The number of fused-ring (bicyclic) bond motifs is 5. The van der Waals surface area contributed by atoms with Gasteiger partial charge >= 0.3 is 0 Å². The van der Waals surface area contributed by atoms with Crippen LogP contribution in [0.3, 0.4) is 0 Å². The SMILES string of the molecule is COc1ccc([C@@H]2CC(c3ccc4c(=O)n5c6ccccc6nc5c5cccc3c45)=NN2c2ccc3ccccc3c2)cc1. The highest BCUT2D eigenvalue weighted by Gasteiger charge is 2.31. The van der Waals surface area contributed by atoms with Crippen LogP contribution in [0.4, 0.5) is 5.69 Å². The van der Waals surface area contributed by atoms with E-state index in [0.29, 0.717) is 17.5 Å². The summed E-state index contributed by atoms with van der Waals surface area (Å²) in [4.78, 5) is 18.8. The second-order valence-electron chi connectivity index (χ2n) is 11.4. The molecule has 0 aliphatic carbocycles. The van der Waals surface area contributed by atoms with Crippen LogP contribution in [-0.2, 0) is 0 Å². The van der Waals surface area contributed by atoms with Gasteiger partial charge in [0.25, 0.3) is 5.56 Å². The van der Waals surface area contributed by atoms with Gasteiger partial charge in [-0.3, -0.25) is 14.2 Å². The predicted molar refractivity (Wildman–Crippen MR) is 178 cm³/mol. The molecule has 0 amide bonds. The van der Waals surface area contributed by atoms with Crippen LogP contribution in [0.2, 0.25) is 0 Å². The van der Waals surface area contributed by atoms with Crippen molar-refractivity contribution < 1.29 is 4.74 Å². The third-order valence-electron chi connectivity index (χ3n) is 9.00. The molecule has 1 atom stereocenters. The lowest BCUT2D eigenvalue weighted by atomic mass is 9.92. The van der Waals surface area contributed by atoms with Crippen LogP contribution in [0.25, 0.3) is 49.0 Å². The molecule has 0 bridgehead atoms. The topological polar surface area (TPSA) is 59.2 Å². The van der Waals surface area contributed by atoms with Crippen molar-refractivity contribution in [2.75, 3.05) is 12.1 Å². The van der Waals surface area contributed by atoms with E-state index in [2.05, 4.69) is 83.9 Å². The molecule has 9 rings (SSSR count). The molecule has 6 nitrogen and oxygen atoms in total. The lowest BCUT2D eigenvalue weighted by Crippen LogP contribution is -2.18. The largest absolute Gasteiger partial charge is 0.497 e. The second kappa shape index (κ2) is 9.38. The van der Waals surface area contributed by atoms with E-state index in [1.807, 2.05) is 42.5 Å². The Morgan fingerprint density at radius 1 is 0.750 bits per heavy atom. The monoisotopic (exact) mass is 570 g/mol. The number of hydrogen-bond acceptors (Lipinski definition) is 5. The summed E-state index contributed by atoms with van der Waals surface area (Å²) in [5.74, 6) is 0.824. The van der Waals surface area contributed by atoms with Gasteiger partial charge in [0.15, 0.2) is 0 Å². The maximum atomic E-state index is 13.9. The van der Waals surface area contributed by atoms with E-state index in [1.165, 1.54) is 10.8 Å². The summed E-state index contributed by atoms with van der Waals surface area (Å²) in [5, 5.41) is 13.4. The predicted octanol–water partition coefficient (Wildman–Crippen LogP) is 8.11. The molecule has 44 heavy (non-hydrogen) atoms. The van der Waals surface area contributed by atoms with Crippen molar-refractivity contribution in [3.8, 4) is 5.75 Å². The van der Waals surface area contributed by atoms with Crippen LogP contribution in [0.5, 0.6) is 5.75 Å². The van der Waals surface area contributed by atoms with Crippen LogP contribution in [0, 0.1) is 0 Å². The highest BCUT2D eigenvalue weighted by molar-refractivity contribution is 6.22. The fourth-order valence-electron chi connectivity index (χ4n) is 6.87. The van der Waals surface area contributed by atoms with Crippen molar-refractivity contribution in [1.29, 1.82) is 0 Å². The summed E-state index contributed by atoms with van der Waals surface area (Å²) in [6.45, 7) is 0. The number of ether oxygens (including phenoxy) is 1. The molecule has 0 spiro atoms. The molecule has 0 saturated carbocycles. The van der Waals surface area contributed by atoms with Crippen molar-refractivity contribution >= 4 is 60.4 Å². The number of para-hydroxylation sites is 2. The third kappa shape index (κ3) is 3.57. The smallest absolute Gasteiger partial charge is 0.264 e. The van der Waals surface area contributed by atoms with Gasteiger partial charge in [0, 0.05) is 28.1 Å². The van der Waals surface area contributed by atoms with Gasteiger partial charge in [0.2, 0.25) is 0 Å². The molecule has 0 radical (unpaired) electrons.